The second-order valence-electron chi connectivity index (χ2n) is 5.63. The first-order valence-corrected chi connectivity index (χ1v) is 8.48. The van der Waals surface area contributed by atoms with Crippen LogP contribution in [0.3, 0.4) is 0 Å². The summed E-state index contributed by atoms with van der Waals surface area (Å²) >= 11 is 0. The van der Waals surface area contributed by atoms with Crippen molar-refractivity contribution < 1.29 is 8.42 Å². The highest BCUT2D eigenvalue weighted by molar-refractivity contribution is 7.89. The monoisotopic (exact) mass is 300 g/mol. The highest BCUT2D eigenvalue weighted by Gasteiger charge is 2.39. The molecule has 1 aliphatic heterocycles. The van der Waals surface area contributed by atoms with Crippen molar-refractivity contribution in [2.75, 3.05) is 6.54 Å². The van der Waals surface area contributed by atoms with Crippen LogP contribution in [-0.2, 0) is 17.1 Å². The molecule has 6 nitrogen and oxygen atoms in total. The van der Waals surface area contributed by atoms with E-state index in [-0.39, 0.29) is 12.1 Å². The van der Waals surface area contributed by atoms with Gasteiger partial charge in [-0.1, -0.05) is 6.42 Å². The Morgan fingerprint density at radius 3 is 2.50 bits per heavy atom. The van der Waals surface area contributed by atoms with Gasteiger partial charge in [-0.15, -0.1) is 0 Å². The van der Waals surface area contributed by atoms with Gasteiger partial charge in [-0.2, -0.15) is 9.40 Å². The molecular weight excluding hydrogens is 276 g/mol. The molecule has 2 heterocycles. The van der Waals surface area contributed by atoms with Gasteiger partial charge in [0.1, 0.15) is 4.90 Å². The number of aryl methyl sites for hydroxylation is 2. The maximum atomic E-state index is 13.0. The molecule has 1 fully saturated rings. The molecule has 2 rings (SSSR count). The SMILES string of the molecule is Cc1nn(C)c(C)c1S(=O)(=O)N1C(C)CCCC1CN. The standard InChI is InChI=1S/C13H24N4O2S/c1-9-6-5-7-12(8-14)17(9)20(18,19)13-10(2)15-16(4)11(13)3/h9,12H,5-8,14H2,1-4H3. The van der Waals surface area contributed by atoms with Crippen molar-refractivity contribution in [1.29, 1.82) is 0 Å². The van der Waals surface area contributed by atoms with Crippen molar-refractivity contribution in [2.24, 2.45) is 12.8 Å². The lowest BCUT2D eigenvalue weighted by atomic mass is 10.00. The third kappa shape index (κ3) is 2.38. The molecule has 1 aromatic rings. The Morgan fingerprint density at radius 1 is 1.35 bits per heavy atom. The average Bonchev–Trinajstić information content (AvgIpc) is 2.62. The van der Waals surface area contributed by atoms with Gasteiger partial charge in [0.25, 0.3) is 0 Å². The molecule has 7 heteroatoms. The lowest BCUT2D eigenvalue weighted by molar-refractivity contribution is 0.196. The molecule has 2 N–H and O–H groups in total. The lowest BCUT2D eigenvalue weighted by Crippen LogP contribution is -2.51. The summed E-state index contributed by atoms with van der Waals surface area (Å²) in [6.07, 6.45) is 2.74. The van der Waals surface area contributed by atoms with E-state index >= 15 is 0 Å². The minimum atomic E-state index is -3.54. The molecule has 2 atom stereocenters. The van der Waals surface area contributed by atoms with Gasteiger partial charge in [0.05, 0.1) is 11.4 Å². The molecule has 0 radical (unpaired) electrons. The molecular formula is C13H24N4O2S. The van der Waals surface area contributed by atoms with Crippen molar-refractivity contribution in [1.82, 2.24) is 14.1 Å². The third-order valence-electron chi connectivity index (χ3n) is 4.20. The maximum absolute atomic E-state index is 13.0. The van der Waals surface area contributed by atoms with Gasteiger partial charge in [0.2, 0.25) is 10.0 Å². The van der Waals surface area contributed by atoms with Crippen LogP contribution in [0.1, 0.15) is 37.6 Å². The first-order chi connectivity index (χ1) is 9.30. The summed E-state index contributed by atoms with van der Waals surface area (Å²) in [4.78, 5) is 0.340. The summed E-state index contributed by atoms with van der Waals surface area (Å²) in [5.74, 6) is 0. The van der Waals surface area contributed by atoms with Crippen molar-refractivity contribution >= 4 is 10.0 Å². The van der Waals surface area contributed by atoms with E-state index in [1.54, 1.807) is 29.9 Å². The quantitative estimate of drug-likeness (QED) is 0.900. The lowest BCUT2D eigenvalue weighted by Gasteiger charge is -2.38. The first-order valence-electron chi connectivity index (χ1n) is 7.04. The van der Waals surface area contributed by atoms with Crippen molar-refractivity contribution in [3.05, 3.63) is 11.4 Å². The Kier molecular flexibility index (Phi) is 4.22. The number of nitrogens with two attached hydrogens (primary N) is 1. The summed E-state index contributed by atoms with van der Waals surface area (Å²) < 4.78 is 29.3. The summed E-state index contributed by atoms with van der Waals surface area (Å²) in [6, 6.07) is -0.121. The van der Waals surface area contributed by atoms with Gasteiger partial charge < -0.3 is 5.73 Å². The fourth-order valence-electron chi connectivity index (χ4n) is 3.15. The fourth-order valence-corrected chi connectivity index (χ4v) is 5.44. The Labute approximate surface area is 121 Å². The van der Waals surface area contributed by atoms with E-state index in [0.717, 1.165) is 19.3 Å². The number of aromatic nitrogens is 2. The molecule has 0 spiro atoms. The minimum Gasteiger partial charge on any atom is -0.329 e. The third-order valence-corrected chi connectivity index (χ3v) is 6.52. The summed E-state index contributed by atoms with van der Waals surface area (Å²) in [5.41, 5.74) is 7.02. The van der Waals surface area contributed by atoms with Crippen LogP contribution in [0.15, 0.2) is 4.90 Å². The average molecular weight is 300 g/mol. The van der Waals surface area contributed by atoms with Crippen molar-refractivity contribution in [3.63, 3.8) is 0 Å². The number of hydrogen-bond acceptors (Lipinski definition) is 4. The number of sulfonamides is 1. The van der Waals surface area contributed by atoms with E-state index in [2.05, 4.69) is 5.10 Å². The van der Waals surface area contributed by atoms with E-state index < -0.39 is 10.0 Å². The van der Waals surface area contributed by atoms with E-state index in [4.69, 9.17) is 5.73 Å². The van der Waals surface area contributed by atoms with Gasteiger partial charge in [-0.05, 0) is 33.6 Å². The van der Waals surface area contributed by atoms with Crippen LogP contribution in [0, 0.1) is 13.8 Å². The number of nitrogens with zero attached hydrogens (tertiary/aromatic N) is 3. The molecule has 2 unspecified atom stereocenters. The molecule has 1 aromatic heterocycles. The molecule has 0 bridgehead atoms. The Morgan fingerprint density at radius 2 is 2.00 bits per heavy atom. The van der Waals surface area contributed by atoms with E-state index in [1.165, 1.54) is 0 Å². The smallest absolute Gasteiger partial charge is 0.247 e. The maximum Gasteiger partial charge on any atom is 0.247 e. The Bertz CT molecular complexity index is 594. The second kappa shape index (κ2) is 5.46. The van der Waals surface area contributed by atoms with Crippen LogP contribution < -0.4 is 5.73 Å². The number of rotatable bonds is 3. The highest BCUT2D eigenvalue weighted by Crippen LogP contribution is 2.31. The van der Waals surface area contributed by atoms with Crippen LogP contribution in [0.5, 0.6) is 0 Å². The number of hydrogen-bond donors (Lipinski definition) is 1. The van der Waals surface area contributed by atoms with Gasteiger partial charge in [0, 0.05) is 25.7 Å². The Hall–Kier alpha value is -0.920. The van der Waals surface area contributed by atoms with Gasteiger partial charge >= 0.3 is 0 Å². The van der Waals surface area contributed by atoms with E-state index in [1.807, 2.05) is 6.92 Å². The minimum absolute atomic E-state index is 0.0127. The van der Waals surface area contributed by atoms with Gasteiger partial charge in [-0.3, -0.25) is 4.68 Å². The molecule has 0 saturated carbocycles. The molecule has 20 heavy (non-hydrogen) atoms. The van der Waals surface area contributed by atoms with E-state index in [0.29, 0.717) is 22.8 Å². The van der Waals surface area contributed by atoms with Crippen LogP contribution in [-0.4, -0.2) is 41.1 Å². The molecule has 114 valence electrons. The summed E-state index contributed by atoms with van der Waals surface area (Å²) in [6.45, 7) is 5.85. The topological polar surface area (TPSA) is 81.2 Å². The van der Waals surface area contributed by atoms with Crippen molar-refractivity contribution in [3.8, 4) is 0 Å². The molecule has 1 aliphatic rings. The van der Waals surface area contributed by atoms with Crippen LogP contribution in [0.25, 0.3) is 0 Å². The molecule has 0 aromatic carbocycles. The molecule has 1 saturated heterocycles. The summed E-state index contributed by atoms with van der Waals surface area (Å²) in [5, 5.41) is 4.23. The zero-order chi connectivity index (χ0) is 15.1. The zero-order valence-corrected chi connectivity index (χ0v) is 13.4. The van der Waals surface area contributed by atoms with Crippen LogP contribution >= 0.6 is 0 Å². The zero-order valence-electron chi connectivity index (χ0n) is 12.6. The Balaban J connectivity index is 2.52. The van der Waals surface area contributed by atoms with Crippen molar-refractivity contribution in [2.45, 2.75) is 57.0 Å². The first kappa shape index (κ1) is 15.5. The largest absolute Gasteiger partial charge is 0.329 e. The fraction of sp³-hybridized carbons (Fsp3) is 0.769. The van der Waals surface area contributed by atoms with Crippen LogP contribution in [0.2, 0.25) is 0 Å². The normalized spacial score (nSPS) is 25.1. The van der Waals surface area contributed by atoms with Gasteiger partial charge in [-0.25, -0.2) is 8.42 Å². The van der Waals surface area contributed by atoms with Gasteiger partial charge in [0.15, 0.2) is 0 Å². The summed E-state index contributed by atoms with van der Waals surface area (Å²) in [7, 11) is -1.78. The second-order valence-corrected chi connectivity index (χ2v) is 7.41. The number of piperidine rings is 1. The molecule has 0 aliphatic carbocycles. The predicted octanol–water partition coefficient (Wildman–Crippen LogP) is 0.927. The van der Waals surface area contributed by atoms with E-state index in [9.17, 15) is 8.42 Å². The highest BCUT2D eigenvalue weighted by atomic mass is 32.2. The molecule has 0 amide bonds. The predicted molar refractivity (Wildman–Crippen MR) is 77.9 cm³/mol. The van der Waals surface area contributed by atoms with Crippen LogP contribution in [0.4, 0.5) is 0 Å².